The molecule has 0 saturated heterocycles. The molecule has 4 heteroatoms. The van der Waals surface area contributed by atoms with Gasteiger partial charge in [-0.15, -0.1) is 0 Å². The molecule has 0 saturated carbocycles. The Morgan fingerprint density at radius 2 is 1.17 bits per heavy atom. The summed E-state index contributed by atoms with van der Waals surface area (Å²) in [4.78, 5) is 0. The fourth-order valence-corrected chi connectivity index (χ4v) is 0. The van der Waals surface area contributed by atoms with Crippen LogP contribution >= 0.6 is 0 Å². The second kappa shape index (κ2) is 15.8. The first-order valence-electron chi connectivity index (χ1n) is 1.08. The minimum Gasteiger partial charge on any atom is -1.00 e. The molecular weight excluding hydrogens is 333 g/mol. The summed E-state index contributed by atoms with van der Waals surface area (Å²) in [5.74, 6) is 1.44. The molecule has 0 N–H and O–H groups in total. The normalized spacial score (nSPS) is 5.00. The van der Waals surface area contributed by atoms with Crippen LogP contribution in [0.3, 0.4) is 0 Å². The molecule has 0 aliphatic rings. The molecule has 0 aliphatic carbocycles. The zero-order valence-corrected chi connectivity index (χ0v) is 8.92. The molecule has 0 aromatic rings. The van der Waals surface area contributed by atoms with Gasteiger partial charge in [0.1, 0.15) is 0 Å². The Kier molecular flexibility index (Phi) is 41.3. The molecule has 0 nitrogen and oxygen atoms in total. The van der Waals surface area contributed by atoms with E-state index in [2.05, 4.69) is 25.3 Å². The molecule has 0 bridgehead atoms. The number of rotatable bonds is 1. The fraction of sp³-hybridized carbons (Fsp3) is 1.00. The Hall–Kier alpha value is 1.87. The Labute approximate surface area is 74.8 Å². The van der Waals surface area contributed by atoms with Crippen LogP contribution < -0.4 is 12.4 Å². The summed E-state index contributed by atoms with van der Waals surface area (Å²) in [5.41, 5.74) is 0. The van der Waals surface area contributed by atoms with Gasteiger partial charge in [0.15, 0.2) is 0 Å². The van der Waals surface area contributed by atoms with Gasteiger partial charge in [0.25, 0.3) is 0 Å². The summed E-state index contributed by atoms with van der Waals surface area (Å²) in [6, 6.07) is 0. The summed E-state index contributed by atoms with van der Waals surface area (Å²) < 4.78 is 0. The average molecular weight is 337 g/mol. The number of halogens is 1. The maximum Gasteiger partial charge on any atom is 3.00 e. The third-order valence-electron chi connectivity index (χ3n) is 0.0833. The molecule has 0 aliphatic heterocycles. The van der Waals surface area contributed by atoms with Gasteiger partial charge >= 0.3 is 26.2 Å². The molecule has 0 rings (SSSR count). The first-order chi connectivity index (χ1) is 1.91. The molecule has 6 heavy (non-hydrogen) atoms. The van der Waals surface area contributed by atoms with E-state index in [1.165, 1.54) is 0 Å². The van der Waals surface area contributed by atoms with Crippen molar-refractivity contribution >= 4 is 51.5 Å². The smallest absolute Gasteiger partial charge is 1.00 e. The van der Waals surface area contributed by atoms with Crippen LogP contribution in [0.4, 0.5) is 0 Å². The molecule has 0 aromatic heterocycles. The van der Waals surface area contributed by atoms with Crippen molar-refractivity contribution in [3.8, 4) is 0 Å². The van der Waals surface area contributed by atoms with Gasteiger partial charge in [-0.1, -0.05) is 0 Å². The fourth-order valence-electron chi connectivity index (χ4n) is 0. The van der Waals surface area contributed by atoms with Gasteiger partial charge in [0.2, 0.25) is 0 Å². The van der Waals surface area contributed by atoms with Gasteiger partial charge in [-0.2, -0.15) is 11.5 Å². The Bertz CT molecular complexity index is 13.5. The van der Waals surface area contributed by atoms with Crippen molar-refractivity contribution in [2.75, 3.05) is 11.5 Å². The van der Waals surface area contributed by atoms with Crippen LogP contribution in [0.1, 0.15) is 0 Å². The monoisotopic (exact) mass is 336 g/mol. The van der Waals surface area contributed by atoms with Crippen LogP contribution in [-0.2, 0) is 25.3 Å². The molecule has 0 atom stereocenters. The molecule has 0 spiro atoms. The third kappa shape index (κ3) is 16.9. The van der Waals surface area contributed by atoms with Crippen LogP contribution in [0.2, 0.25) is 0 Å². The van der Waals surface area contributed by atoms with E-state index in [-0.39, 0.29) is 38.6 Å². The predicted molar refractivity (Wildman–Crippen MR) is 30.2 cm³/mol. The Morgan fingerprint density at radius 3 is 1.17 bits per heavy atom. The van der Waals surface area contributed by atoms with Crippen molar-refractivity contribution in [3.05, 3.63) is 0 Å². The molecule has 0 amide bonds. The van der Waals surface area contributed by atoms with Crippen molar-refractivity contribution in [2.24, 2.45) is 0 Å². The maximum absolute atomic E-state index is 4.45. The predicted octanol–water partition coefficient (Wildman–Crippen LogP) is -3.30. The second-order valence-corrected chi connectivity index (χ2v) is 1.22. The van der Waals surface area contributed by atoms with Crippen molar-refractivity contribution in [1.82, 2.24) is 0 Å². The number of hydrogen-bond donors (Lipinski definition) is 0. The topological polar surface area (TPSA) is 0 Å². The SMILES string of the molecule is [Bi+3].[Cl-].[S-]CC[S-]. The molecule has 2 radical (unpaired) electrons. The zero-order chi connectivity index (χ0) is 3.41. The van der Waals surface area contributed by atoms with Crippen molar-refractivity contribution in [3.63, 3.8) is 0 Å². The van der Waals surface area contributed by atoms with Gasteiger partial charge in [0, 0.05) is 0 Å². The third-order valence-corrected chi connectivity index (χ3v) is 0.750. The number of hydrogen-bond acceptors (Lipinski definition) is 2. The van der Waals surface area contributed by atoms with E-state index in [9.17, 15) is 0 Å². The summed E-state index contributed by atoms with van der Waals surface area (Å²) >= 11 is 8.90. The van der Waals surface area contributed by atoms with Crippen molar-refractivity contribution in [1.29, 1.82) is 0 Å². The summed E-state index contributed by atoms with van der Waals surface area (Å²) in [6.45, 7) is 0. The summed E-state index contributed by atoms with van der Waals surface area (Å²) in [6.07, 6.45) is 0. The maximum atomic E-state index is 4.45. The van der Waals surface area contributed by atoms with E-state index in [0.29, 0.717) is 0 Å². The Balaban J connectivity index is -0.0000000450. The van der Waals surface area contributed by atoms with Crippen LogP contribution in [0.15, 0.2) is 0 Å². The van der Waals surface area contributed by atoms with E-state index in [1.54, 1.807) is 0 Å². The average Bonchev–Trinajstić information content (AvgIpc) is 1.37. The molecule has 36 valence electrons. The van der Waals surface area contributed by atoms with E-state index in [1.807, 2.05) is 0 Å². The first kappa shape index (κ1) is 15.7. The van der Waals surface area contributed by atoms with E-state index < -0.39 is 0 Å². The standard InChI is InChI=1S/C2H6S2.Bi.ClH/c3-1-2-4;;/h3-4H,1-2H2;;1H/q;+3;/p-3. The molecule has 0 heterocycles. The quantitative estimate of drug-likeness (QED) is 0.364. The molecule has 0 unspecified atom stereocenters. The first-order valence-corrected chi connectivity index (χ1v) is 2.23. The molecule has 0 aromatic carbocycles. The van der Waals surface area contributed by atoms with Crippen LogP contribution in [0, 0.1) is 0 Å². The summed E-state index contributed by atoms with van der Waals surface area (Å²) in [7, 11) is 0. The van der Waals surface area contributed by atoms with Gasteiger partial charge in [-0.3, -0.25) is 0 Å². The van der Waals surface area contributed by atoms with Gasteiger partial charge in [0.05, 0.1) is 0 Å². The minimum absolute atomic E-state index is 0. The largest absolute Gasteiger partial charge is 3.00 e. The zero-order valence-electron chi connectivity index (χ0n) is 3.06. The van der Waals surface area contributed by atoms with Crippen molar-refractivity contribution in [2.45, 2.75) is 0 Å². The molecule has 0 fully saturated rings. The van der Waals surface area contributed by atoms with E-state index >= 15 is 0 Å². The van der Waals surface area contributed by atoms with Crippen LogP contribution in [0.5, 0.6) is 0 Å². The molecular formula is C2H4BiClS2. The van der Waals surface area contributed by atoms with Crippen molar-refractivity contribution < 1.29 is 12.4 Å². The van der Waals surface area contributed by atoms with Crippen LogP contribution in [0.25, 0.3) is 0 Å². The Morgan fingerprint density at radius 1 is 1.00 bits per heavy atom. The van der Waals surface area contributed by atoms with E-state index in [4.69, 9.17) is 0 Å². The van der Waals surface area contributed by atoms with Gasteiger partial charge in [-0.25, -0.2) is 0 Å². The second-order valence-electron chi connectivity index (χ2n) is 0.408. The van der Waals surface area contributed by atoms with Crippen LogP contribution in [-0.4, -0.2) is 37.7 Å². The van der Waals surface area contributed by atoms with E-state index in [0.717, 1.165) is 11.5 Å². The summed E-state index contributed by atoms with van der Waals surface area (Å²) in [5, 5.41) is 0. The van der Waals surface area contributed by atoms with Gasteiger partial charge in [-0.05, 0) is 0 Å². The van der Waals surface area contributed by atoms with Gasteiger partial charge < -0.3 is 37.7 Å². The minimum atomic E-state index is 0.